The van der Waals surface area contributed by atoms with E-state index in [1.165, 1.54) is 0 Å². The van der Waals surface area contributed by atoms with Crippen molar-refractivity contribution < 1.29 is 9.90 Å². The van der Waals surface area contributed by atoms with Crippen LogP contribution in [-0.4, -0.2) is 30.1 Å². The smallest absolute Gasteiger partial charge is 0.162 e. The van der Waals surface area contributed by atoms with Crippen molar-refractivity contribution in [1.82, 2.24) is 5.32 Å². The van der Waals surface area contributed by atoms with E-state index >= 15 is 0 Å². The maximum Gasteiger partial charge on any atom is 0.162 e. The van der Waals surface area contributed by atoms with Crippen molar-refractivity contribution >= 4 is 5.78 Å². The van der Waals surface area contributed by atoms with Crippen LogP contribution in [0.1, 0.15) is 26.2 Å². The molecule has 0 atom stereocenters. The number of Topliss-reactive ketones (excluding diaryl/α,β-unsaturated/α-hetero) is 1. The van der Waals surface area contributed by atoms with Crippen molar-refractivity contribution in [2.24, 2.45) is 0 Å². The molecule has 2 rings (SSSR count). The van der Waals surface area contributed by atoms with Gasteiger partial charge in [0.15, 0.2) is 5.78 Å². The van der Waals surface area contributed by atoms with Gasteiger partial charge in [0.1, 0.15) is 0 Å². The van der Waals surface area contributed by atoms with E-state index in [4.69, 9.17) is 5.11 Å². The Bertz CT molecular complexity index is 289. The molecule has 17 heavy (non-hydrogen) atoms. The second-order valence-electron chi connectivity index (χ2n) is 3.98. The molecule has 0 spiro atoms. The van der Waals surface area contributed by atoms with Gasteiger partial charge in [0.25, 0.3) is 0 Å². The Hall–Kier alpha value is -0.930. The van der Waals surface area contributed by atoms with E-state index in [9.17, 15) is 4.79 Å². The van der Waals surface area contributed by atoms with E-state index in [-0.39, 0.29) is 11.9 Å². The van der Waals surface area contributed by atoms with Crippen molar-refractivity contribution in [3.05, 3.63) is 36.6 Å². The zero-order valence-corrected chi connectivity index (χ0v) is 10.2. The predicted molar refractivity (Wildman–Crippen MR) is 67.1 cm³/mol. The third kappa shape index (κ3) is 5.80. The van der Waals surface area contributed by atoms with E-state index in [1.807, 2.05) is 6.92 Å². The van der Waals surface area contributed by atoms with Crippen LogP contribution in [0.4, 0.5) is 0 Å². The summed E-state index contributed by atoms with van der Waals surface area (Å²) in [5, 5.41) is 12.0. The van der Waals surface area contributed by atoms with Crippen LogP contribution < -0.4 is 5.32 Å². The maximum absolute atomic E-state index is 11.0. The van der Waals surface area contributed by atoms with E-state index in [0.29, 0.717) is 6.42 Å². The summed E-state index contributed by atoms with van der Waals surface area (Å²) >= 11 is 0. The first-order valence-corrected chi connectivity index (χ1v) is 6.03. The Kier molecular flexibility index (Phi) is 6.82. The van der Waals surface area contributed by atoms with E-state index in [1.54, 1.807) is 18.2 Å². The van der Waals surface area contributed by atoms with E-state index < -0.39 is 0 Å². The molecular weight excluding hydrogens is 214 g/mol. The number of rotatable bonds is 2. The third-order valence-corrected chi connectivity index (χ3v) is 2.61. The summed E-state index contributed by atoms with van der Waals surface area (Å²) in [5.74, 6) is 0.158. The lowest BCUT2D eigenvalue weighted by Gasteiger charge is -2.16. The Morgan fingerprint density at radius 2 is 2.18 bits per heavy atom. The van der Waals surface area contributed by atoms with Crippen LogP contribution in [0, 0.1) is 12.8 Å². The van der Waals surface area contributed by atoms with Gasteiger partial charge in [0.2, 0.25) is 0 Å². The van der Waals surface area contributed by atoms with Crippen molar-refractivity contribution in [2.45, 2.75) is 32.3 Å². The largest absolute Gasteiger partial charge is 0.393 e. The topological polar surface area (TPSA) is 49.3 Å². The number of allylic oxidation sites excluding steroid dienone is 4. The van der Waals surface area contributed by atoms with Gasteiger partial charge in [-0.25, -0.2) is 0 Å². The van der Waals surface area contributed by atoms with Crippen molar-refractivity contribution in [3.8, 4) is 0 Å². The normalized spacial score (nSPS) is 20.2. The summed E-state index contributed by atoms with van der Waals surface area (Å²) in [5.41, 5.74) is 0.723. The summed E-state index contributed by atoms with van der Waals surface area (Å²) in [6.45, 7) is 3.82. The Morgan fingerprint density at radius 1 is 1.47 bits per heavy atom. The van der Waals surface area contributed by atoms with Gasteiger partial charge in [-0.3, -0.25) is 4.79 Å². The van der Waals surface area contributed by atoms with E-state index in [0.717, 1.165) is 31.5 Å². The molecule has 0 aromatic heterocycles. The number of ketones is 1. The first-order valence-electron chi connectivity index (χ1n) is 6.03. The molecule has 0 unspecified atom stereocenters. The SMILES string of the molecule is CCC(=O)C1=C[C][C]C=C1.OC1CCNCC1. The molecular formula is C14H19NO2. The molecule has 1 heterocycles. The number of aliphatic hydroxyl groups excluding tert-OH is 1. The average Bonchev–Trinajstić information content (AvgIpc) is 2.40. The lowest BCUT2D eigenvalue weighted by molar-refractivity contribution is -0.115. The minimum atomic E-state index is -0.0266. The van der Waals surface area contributed by atoms with Crippen molar-refractivity contribution in [3.63, 3.8) is 0 Å². The number of hydrogen-bond donors (Lipinski definition) is 2. The molecule has 1 fully saturated rings. The lowest BCUT2D eigenvalue weighted by Crippen LogP contribution is -2.30. The van der Waals surface area contributed by atoms with Crippen LogP contribution in [0.15, 0.2) is 23.8 Å². The highest BCUT2D eigenvalue weighted by molar-refractivity contribution is 5.98. The molecule has 3 nitrogen and oxygen atoms in total. The monoisotopic (exact) mass is 233 g/mol. The first-order chi connectivity index (χ1) is 8.24. The second-order valence-corrected chi connectivity index (χ2v) is 3.98. The number of piperidine rings is 1. The Morgan fingerprint density at radius 3 is 2.59 bits per heavy atom. The highest BCUT2D eigenvalue weighted by Crippen LogP contribution is 2.09. The minimum Gasteiger partial charge on any atom is -0.393 e. The van der Waals surface area contributed by atoms with Gasteiger partial charge < -0.3 is 10.4 Å². The highest BCUT2D eigenvalue weighted by atomic mass is 16.3. The lowest BCUT2D eigenvalue weighted by atomic mass is 10.0. The molecule has 3 heteroatoms. The first kappa shape index (κ1) is 14.1. The van der Waals surface area contributed by atoms with E-state index in [2.05, 4.69) is 18.2 Å². The molecule has 1 aliphatic carbocycles. The predicted octanol–water partition coefficient (Wildman–Crippen LogP) is 1.35. The summed E-state index contributed by atoms with van der Waals surface area (Å²) in [6.07, 6.45) is 13.0. The number of carbonyl (C=O) groups is 1. The summed E-state index contributed by atoms with van der Waals surface area (Å²) in [7, 11) is 0. The number of hydrogen-bond acceptors (Lipinski definition) is 3. The number of aliphatic hydroxyl groups is 1. The van der Waals surface area contributed by atoms with Crippen LogP contribution in [0.25, 0.3) is 0 Å². The molecule has 0 aromatic carbocycles. The third-order valence-electron chi connectivity index (χ3n) is 2.61. The standard InChI is InChI=1S/C9H8O.C5H11NO/c1-2-9(10)8-6-4-3-5-7-8;7-5-1-3-6-4-2-5/h4,6-7H,2H2,1H3;5-7H,1-4H2. The Labute approximate surface area is 104 Å². The van der Waals surface area contributed by atoms with Crippen LogP contribution >= 0.6 is 0 Å². The summed E-state index contributed by atoms with van der Waals surface area (Å²) < 4.78 is 0. The van der Waals surface area contributed by atoms with Gasteiger partial charge in [-0.15, -0.1) is 0 Å². The summed E-state index contributed by atoms with van der Waals surface area (Å²) in [4.78, 5) is 11.0. The molecule has 92 valence electrons. The molecule has 1 aliphatic heterocycles. The van der Waals surface area contributed by atoms with Gasteiger partial charge >= 0.3 is 0 Å². The van der Waals surface area contributed by atoms with Crippen LogP contribution in [0.2, 0.25) is 0 Å². The fraction of sp³-hybridized carbons (Fsp3) is 0.500. The van der Waals surface area contributed by atoms with Crippen LogP contribution in [-0.2, 0) is 4.79 Å². The fourth-order valence-electron chi connectivity index (χ4n) is 1.53. The van der Waals surface area contributed by atoms with Crippen LogP contribution in [0.5, 0.6) is 0 Å². The van der Waals surface area contributed by atoms with Gasteiger partial charge in [-0.1, -0.05) is 25.2 Å². The van der Waals surface area contributed by atoms with Crippen LogP contribution in [0.3, 0.4) is 0 Å². The van der Waals surface area contributed by atoms with Gasteiger partial charge in [-0.05, 0) is 25.9 Å². The number of nitrogens with one attached hydrogen (secondary N) is 1. The quantitative estimate of drug-likeness (QED) is 0.757. The molecule has 4 radical (unpaired) electrons. The van der Waals surface area contributed by atoms with Crippen molar-refractivity contribution in [2.75, 3.05) is 13.1 Å². The maximum atomic E-state index is 11.0. The zero-order valence-electron chi connectivity index (χ0n) is 10.2. The Balaban J connectivity index is 0.000000181. The number of carbonyl (C=O) groups excluding carboxylic acids is 1. The minimum absolute atomic E-state index is 0.0266. The molecule has 0 bridgehead atoms. The molecule has 0 amide bonds. The average molecular weight is 233 g/mol. The molecule has 0 aromatic rings. The fourth-order valence-corrected chi connectivity index (χ4v) is 1.53. The summed E-state index contributed by atoms with van der Waals surface area (Å²) in [6, 6.07) is 0. The molecule has 1 saturated heterocycles. The van der Waals surface area contributed by atoms with Crippen molar-refractivity contribution in [1.29, 1.82) is 0 Å². The second kappa shape index (κ2) is 8.20. The molecule has 0 saturated carbocycles. The molecule has 2 aliphatic rings. The van der Waals surface area contributed by atoms with Gasteiger partial charge in [0.05, 0.1) is 6.10 Å². The zero-order chi connectivity index (χ0) is 12.5. The van der Waals surface area contributed by atoms with Gasteiger partial charge in [0, 0.05) is 24.8 Å². The molecule has 2 N–H and O–H groups in total. The van der Waals surface area contributed by atoms with Gasteiger partial charge in [-0.2, -0.15) is 0 Å². The highest BCUT2D eigenvalue weighted by Gasteiger charge is 2.07.